The molecule has 8 heteroatoms. The Hall–Kier alpha value is -2.87. The number of carbonyl (C=O) groups excluding carboxylic acids is 3. The molecule has 2 heterocycles. The van der Waals surface area contributed by atoms with Gasteiger partial charge >= 0.3 is 0 Å². The molecule has 1 unspecified atom stereocenters. The highest BCUT2D eigenvalue weighted by Gasteiger charge is 2.34. The van der Waals surface area contributed by atoms with Gasteiger partial charge in [-0.05, 0) is 68.7 Å². The summed E-state index contributed by atoms with van der Waals surface area (Å²) < 4.78 is 6.61. The molecule has 4 rings (SSSR count). The van der Waals surface area contributed by atoms with Gasteiger partial charge in [-0.2, -0.15) is 0 Å². The molecule has 2 aliphatic rings. The van der Waals surface area contributed by atoms with Crippen molar-refractivity contribution < 1.29 is 19.1 Å². The van der Waals surface area contributed by atoms with Crippen molar-refractivity contribution in [2.24, 2.45) is 0 Å². The first-order chi connectivity index (χ1) is 14.9. The zero-order valence-electron chi connectivity index (χ0n) is 17.3. The molecule has 2 aromatic carbocycles. The number of ether oxygens (including phenoxy) is 1. The molecule has 2 aromatic rings. The Kier molecular flexibility index (Phi) is 6.27. The number of nitrogens with one attached hydrogen (secondary N) is 1. The summed E-state index contributed by atoms with van der Waals surface area (Å²) in [5, 5.41) is 2.85. The van der Waals surface area contributed by atoms with E-state index in [1.165, 1.54) is 4.90 Å². The quantitative estimate of drug-likeness (QED) is 0.713. The number of hydrogen-bond acceptors (Lipinski definition) is 4. The summed E-state index contributed by atoms with van der Waals surface area (Å²) >= 11 is 3.35. The average molecular weight is 486 g/mol. The monoisotopic (exact) mass is 485 g/mol. The molecular formula is C23H24BrN3O4. The van der Waals surface area contributed by atoms with Crippen LogP contribution in [0.15, 0.2) is 46.9 Å². The predicted octanol–water partition coefficient (Wildman–Crippen LogP) is 3.83. The summed E-state index contributed by atoms with van der Waals surface area (Å²) in [6, 6.07) is 12.1. The van der Waals surface area contributed by atoms with E-state index in [9.17, 15) is 14.4 Å². The van der Waals surface area contributed by atoms with Crippen molar-refractivity contribution in [2.75, 3.05) is 29.9 Å². The maximum atomic E-state index is 12.8. The first-order valence-electron chi connectivity index (χ1n) is 10.4. The van der Waals surface area contributed by atoms with Gasteiger partial charge in [0.1, 0.15) is 12.3 Å². The van der Waals surface area contributed by atoms with Crippen LogP contribution in [0, 0.1) is 0 Å². The van der Waals surface area contributed by atoms with E-state index >= 15 is 0 Å². The van der Waals surface area contributed by atoms with E-state index in [1.54, 1.807) is 49.4 Å². The van der Waals surface area contributed by atoms with Crippen molar-refractivity contribution in [3.05, 3.63) is 52.5 Å². The number of piperidine rings is 1. The summed E-state index contributed by atoms with van der Waals surface area (Å²) in [4.78, 5) is 41.5. The number of fused-ring (bicyclic) bond motifs is 1. The van der Waals surface area contributed by atoms with E-state index in [0.29, 0.717) is 22.7 Å². The Balaban J connectivity index is 1.56. The van der Waals surface area contributed by atoms with Gasteiger partial charge in [-0.3, -0.25) is 19.3 Å². The predicted molar refractivity (Wildman–Crippen MR) is 121 cm³/mol. The highest BCUT2D eigenvalue weighted by molar-refractivity contribution is 9.10. The number of amides is 3. The molecule has 0 radical (unpaired) electrons. The Morgan fingerprint density at radius 1 is 1.10 bits per heavy atom. The minimum atomic E-state index is -0.676. The van der Waals surface area contributed by atoms with Gasteiger partial charge in [-0.25, -0.2) is 0 Å². The van der Waals surface area contributed by atoms with Gasteiger partial charge < -0.3 is 15.0 Å². The van der Waals surface area contributed by atoms with Gasteiger partial charge in [0.2, 0.25) is 5.91 Å². The van der Waals surface area contributed by atoms with E-state index in [4.69, 9.17) is 4.74 Å². The molecule has 0 saturated carbocycles. The number of hydrogen-bond donors (Lipinski definition) is 1. The molecular weight excluding hydrogens is 462 g/mol. The fourth-order valence-electron chi connectivity index (χ4n) is 3.83. The van der Waals surface area contributed by atoms with E-state index in [2.05, 4.69) is 21.2 Å². The lowest BCUT2D eigenvalue weighted by molar-refractivity contribution is -0.133. The highest BCUT2D eigenvalue weighted by Crippen LogP contribution is 2.36. The first-order valence-corrected chi connectivity index (χ1v) is 11.2. The second-order valence-corrected chi connectivity index (χ2v) is 8.69. The third kappa shape index (κ3) is 4.74. The fourth-order valence-corrected chi connectivity index (χ4v) is 4.10. The normalized spacial score (nSPS) is 18.3. The maximum absolute atomic E-state index is 12.8. The second kappa shape index (κ2) is 9.09. The van der Waals surface area contributed by atoms with E-state index in [0.717, 1.165) is 36.8 Å². The van der Waals surface area contributed by atoms with E-state index in [-0.39, 0.29) is 24.3 Å². The van der Waals surface area contributed by atoms with Gasteiger partial charge in [0, 0.05) is 28.8 Å². The molecule has 1 atom stereocenters. The van der Waals surface area contributed by atoms with E-state index in [1.807, 2.05) is 4.90 Å². The number of nitrogens with zero attached hydrogens (tertiary/aromatic N) is 2. The summed E-state index contributed by atoms with van der Waals surface area (Å²) in [5.74, 6) is -0.0911. The van der Waals surface area contributed by atoms with Crippen LogP contribution in [0.4, 0.5) is 11.4 Å². The van der Waals surface area contributed by atoms with Crippen molar-refractivity contribution in [3.63, 3.8) is 0 Å². The smallest absolute Gasteiger partial charge is 0.268 e. The molecule has 0 aliphatic carbocycles. The molecule has 162 valence electrons. The Morgan fingerprint density at radius 2 is 1.81 bits per heavy atom. The minimum Gasteiger partial charge on any atom is -0.479 e. The van der Waals surface area contributed by atoms with Crippen molar-refractivity contribution in [1.29, 1.82) is 0 Å². The Bertz CT molecular complexity index is 1000. The van der Waals surface area contributed by atoms with Crippen molar-refractivity contribution in [2.45, 2.75) is 32.3 Å². The van der Waals surface area contributed by atoms with Crippen LogP contribution < -0.4 is 15.0 Å². The zero-order valence-corrected chi connectivity index (χ0v) is 18.9. The summed E-state index contributed by atoms with van der Waals surface area (Å²) in [6.45, 7) is 3.09. The van der Waals surface area contributed by atoms with Crippen LogP contribution in [-0.2, 0) is 9.59 Å². The average Bonchev–Trinajstić information content (AvgIpc) is 2.78. The van der Waals surface area contributed by atoms with Crippen molar-refractivity contribution in [3.8, 4) is 5.75 Å². The Morgan fingerprint density at radius 3 is 2.52 bits per heavy atom. The topological polar surface area (TPSA) is 79.0 Å². The molecule has 3 amide bonds. The third-order valence-electron chi connectivity index (χ3n) is 5.53. The molecule has 0 bridgehead atoms. The zero-order chi connectivity index (χ0) is 22.0. The molecule has 31 heavy (non-hydrogen) atoms. The number of carbonyl (C=O) groups is 3. The maximum Gasteiger partial charge on any atom is 0.268 e. The number of likely N-dealkylation sites (tertiary alicyclic amines) is 1. The van der Waals surface area contributed by atoms with Gasteiger partial charge in [-0.1, -0.05) is 15.9 Å². The van der Waals surface area contributed by atoms with Gasteiger partial charge in [-0.15, -0.1) is 0 Å². The van der Waals surface area contributed by atoms with Crippen molar-refractivity contribution >= 4 is 45.0 Å². The number of anilines is 2. The van der Waals surface area contributed by atoms with Crippen LogP contribution in [0.3, 0.4) is 0 Å². The third-order valence-corrected chi connectivity index (χ3v) is 6.06. The van der Waals surface area contributed by atoms with Crippen LogP contribution >= 0.6 is 15.9 Å². The molecule has 0 aromatic heterocycles. The van der Waals surface area contributed by atoms with Gasteiger partial charge in [0.15, 0.2) is 6.10 Å². The summed E-state index contributed by atoms with van der Waals surface area (Å²) in [5.41, 5.74) is 1.52. The first kappa shape index (κ1) is 21.4. The molecule has 0 spiro atoms. The molecule has 2 aliphatic heterocycles. The summed E-state index contributed by atoms with van der Waals surface area (Å²) in [6.07, 6.45) is 2.43. The molecule has 1 N–H and O–H groups in total. The van der Waals surface area contributed by atoms with Gasteiger partial charge in [0.25, 0.3) is 11.8 Å². The van der Waals surface area contributed by atoms with Crippen LogP contribution in [0.25, 0.3) is 0 Å². The summed E-state index contributed by atoms with van der Waals surface area (Å²) in [7, 11) is 0. The highest BCUT2D eigenvalue weighted by atomic mass is 79.9. The Labute approximate surface area is 189 Å². The molecule has 7 nitrogen and oxygen atoms in total. The minimum absolute atomic E-state index is 0.0381. The van der Waals surface area contributed by atoms with Crippen LogP contribution in [-0.4, -0.2) is 48.4 Å². The fraction of sp³-hybridized carbons (Fsp3) is 0.348. The molecule has 1 saturated heterocycles. The lowest BCUT2D eigenvalue weighted by Gasteiger charge is -2.35. The lowest BCUT2D eigenvalue weighted by Crippen LogP contribution is -2.50. The van der Waals surface area contributed by atoms with Gasteiger partial charge in [0.05, 0.1) is 5.69 Å². The van der Waals surface area contributed by atoms with Crippen LogP contribution in [0.5, 0.6) is 5.75 Å². The number of rotatable bonds is 4. The standard InChI is InChI=1S/C23H24BrN3O4/c1-15-23(30)27(14-21(28)26-11-3-2-4-12-26)19-13-18(9-10-20(19)31-15)25-22(29)16-5-7-17(24)8-6-16/h5-10,13,15H,2-4,11-12,14H2,1H3,(H,25,29). The largest absolute Gasteiger partial charge is 0.479 e. The van der Waals surface area contributed by atoms with Crippen LogP contribution in [0.1, 0.15) is 36.5 Å². The molecule has 1 fully saturated rings. The number of benzene rings is 2. The lowest BCUT2D eigenvalue weighted by atomic mass is 10.1. The number of halogens is 1. The second-order valence-electron chi connectivity index (χ2n) is 7.77. The van der Waals surface area contributed by atoms with Crippen molar-refractivity contribution in [1.82, 2.24) is 4.90 Å². The van der Waals surface area contributed by atoms with Crippen LogP contribution in [0.2, 0.25) is 0 Å². The SMILES string of the molecule is CC1Oc2ccc(NC(=O)c3ccc(Br)cc3)cc2N(CC(=O)N2CCCCC2)C1=O. The van der Waals surface area contributed by atoms with E-state index < -0.39 is 6.10 Å².